The number of rotatable bonds is 1. The van der Waals surface area contributed by atoms with E-state index in [9.17, 15) is 5.63 Å². The molecule has 0 aliphatic rings. The van der Waals surface area contributed by atoms with Crippen LogP contribution in [0.5, 0.6) is 0 Å². The van der Waals surface area contributed by atoms with E-state index in [4.69, 9.17) is 0 Å². The summed E-state index contributed by atoms with van der Waals surface area (Å²) in [5, 5.41) is 0. The van der Waals surface area contributed by atoms with E-state index in [1.165, 1.54) is 23.0 Å². The van der Waals surface area contributed by atoms with Gasteiger partial charge in [0.2, 0.25) is 0 Å². The van der Waals surface area contributed by atoms with Gasteiger partial charge in [0, 0.05) is 0 Å². The predicted molar refractivity (Wildman–Crippen MR) is 22.2 cm³/mol. The molecular weight excluding hydrogens is 384 g/mol. The zero-order valence-electron chi connectivity index (χ0n) is 2.05. The molecule has 3 nitrogen and oxygen atoms in total. The van der Waals surface area contributed by atoms with E-state index >= 15 is 0 Å². The second kappa shape index (κ2) is 3.37. The van der Waals surface area contributed by atoms with Gasteiger partial charge in [-0.25, -0.2) is 0 Å². The van der Waals surface area contributed by atoms with Crippen molar-refractivity contribution in [2.24, 2.45) is 0 Å². The first-order valence-corrected chi connectivity index (χ1v) is 5.84. The third-order valence-corrected chi connectivity index (χ3v) is 3.32. The Bertz CT molecular complexity index is 65.0. The normalized spacial score (nSPS) is 7.40. The molecule has 0 atom stereocenters. The molecular formula is BiIO3. The maximum absolute atomic E-state index is 9.31. The van der Waals surface area contributed by atoms with Gasteiger partial charge in [0.15, 0.2) is 0 Å². The Morgan fingerprint density at radius 1 is 1.60 bits per heavy atom. The van der Waals surface area contributed by atoms with Gasteiger partial charge in [-0.1, -0.05) is 0 Å². The van der Waals surface area contributed by atoms with Gasteiger partial charge in [-0.15, -0.1) is 0 Å². The Balaban J connectivity index is 3.23. The summed E-state index contributed by atoms with van der Waals surface area (Å²) in [7, 11) is 0. The van der Waals surface area contributed by atoms with Crippen molar-refractivity contribution in [1.82, 2.24) is 0 Å². The van der Waals surface area contributed by atoms with Crippen LogP contribution in [0, 0.1) is 0 Å². The summed E-state index contributed by atoms with van der Waals surface area (Å²) in [6, 6.07) is 0. The summed E-state index contributed by atoms with van der Waals surface area (Å²) in [6.07, 6.45) is 0. The van der Waals surface area contributed by atoms with Gasteiger partial charge in [0.05, 0.1) is 0 Å². The molecule has 0 aliphatic carbocycles. The standard InChI is InChI=1S/Bi.IO.2O/c;1-2;;/q+1;-1;;. The molecule has 0 spiro atoms. The van der Waals surface area contributed by atoms with Crippen LogP contribution < -0.4 is 0 Å². The van der Waals surface area contributed by atoms with Crippen molar-refractivity contribution >= 4 is 45.2 Å². The molecule has 0 bridgehead atoms. The molecule has 0 fully saturated rings. The van der Waals surface area contributed by atoms with Crippen LogP contribution in [0.1, 0.15) is 0 Å². The van der Waals surface area contributed by atoms with Gasteiger partial charge >= 0.3 is 52.0 Å². The van der Waals surface area contributed by atoms with Crippen LogP contribution >= 0.6 is 23.0 Å². The Morgan fingerprint density at radius 2 is 1.80 bits per heavy atom. The Morgan fingerprint density at radius 3 is 1.80 bits per heavy atom. The fraction of sp³-hybridized carbons (Fsp3) is 0. The van der Waals surface area contributed by atoms with Gasteiger partial charge in [0.25, 0.3) is 0 Å². The van der Waals surface area contributed by atoms with Crippen LogP contribution in [0.2, 0.25) is 0 Å². The van der Waals surface area contributed by atoms with Gasteiger partial charge in [0.1, 0.15) is 0 Å². The summed E-state index contributed by atoms with van der Waals surface area (Å²) in [4.78, 5) is 0. The van der Waals surface area contributed by atoms with Crippen molar-refractivity contribution in [2.45, 2.75) is 0 Å². The van der Waals surface area contributed by atoms with Crippen molar-refractivity contribution in [2.75, 3.05) is 0 Å². The van der Waals surface area contributed by atoms with E-state index in [-0.39, 0.29) is 0 Å². The second-order valence-corrected chi connectivity index (χ2v) is 6.02. The topological polar surface area (TPSA) is 43.4 Å². The summed E-state index contributed by atoms with van der Waals surface area (Å²) in [5.41, 5.74) is 0. The zero-order valence-corrected chi connectivity index (χ0v) is 7.68. The van der Waals surface area contributed by atoms with Gasteiger partial charge < -0.3 is 0 Å². The van der Waals surface area contributed by atoms with E-state index in [0.717, 1.165) is 0 Å². The van der Waals surface area contributed by atoms with E-state index in [1.54, 1.807) is 0 Å². The first-order chi connectivity index (χ1) is 2.27. The molecule has 0 saturated carbocycles. The third-order valence-electron chi connectivity index (χ3n) is 0.0563. The monoisotopic (exact) mass is 384 g/mol. The molecule has 0 N–H and O–H groups in total. The number of hydrogen-bond acceptors (Lipinski definition) is 3. The fourth-order valence-corrected chi connectivity index (χ4v) is 0. The van der Waals surface area contributed by atoms with Crippen molar-refractivity contribution in [3.8, 4) is 0 Å². The van der Waals surface area contributed by atoms with Crippen molar-refractivity contribution in [3.05, 3.63) is 0 Å². The molecule has 0 rings (SSSR count). The number of hydrogen-bond donors (Lipinski definition) is 0. The van der Waals surface area contributed by atoms with E-state index in [2.05, 4.69) is 1.14 Å². The molecule has 0 amide bonds. The average molecular weight is 384 g/mol. The van der Waals surface area contributed by atoms with Gasteiger partial charge in [-0.2, -0.15) is 0 Å². The molecule has 0 aliphatic heterocycles. The Hall–Kier alpha value is 1.17. The quantitative estimate of drug-likeness (QED) is 0.480. The van der Waals surface area contributed by atoms with Crippen molar-refractivity contribution < 1.29 is 6.77 Å². The van der Waals surface area contributed by atoms with Crippen LogP contribution in [0.15, 0.2) is 0 Å². The first kappa shape index (κ1) is 6.17. The first-order valence-electron chi connectivity index (χ1n) is 0.702. The fourth-order valence-electron chi connectivity index (χ4n) is 0. The van der Waals surface area contributed by atoms with Crippen LogP contribution in [0.3, 0.4) is 0 Å². The van der Waals surface area contributed by atoms with Crippen LogP contribution in [0.4, 0.5) is 0 Å². The molecule has 0 heterocycles. The summed E-state index contributed by atoms with van der Waals surface area (Å²) in [5.74, 6) is 0. The van der Waals surface area contributed by atoms with Gasteiger partial charge in [-0.05, 0) is 0 Å². The summed E-state index contributed by atoms with van der Waals surface area (Å²) >= 11 is -2.30. The van der Waals surface area contributed by atoms with Crippen molar-refractivity contribution in [3.63, 3.8) is 0 Å². The SMILES string of the molecule is [O]=[Bi](=[O])[O]I. The molecule has 0 aromatic carbocycles. The zero-order chi connectivity index (χ0) is 4.28. The molecule has 0 unspecified atom stereocenters. The van der Waals surface area contributed by atoms with E-state index < -0.39 is 22.2 Å². The van der Waals surface area contributed by atoms with Crippen LogP contribution in [0.25, 0.3) is 0 Å². The minimum absolute atomic E-state index is 1.34. The van der Waals surface area contributed by atoms with E-state index in [1.807, 2.05) is 0 Å². The van der Waals surface area contributed by atoms with Gasteiger partial charge in [-0.3, -0.25) is 0 Å². The molecule has 0 aromatic rings. The molecule has 0 radical (unpaired) electrons. The van der Waals surface area contributed by atoms with E-state index in [0.29, 0.717) is 0 Å². The molecule has 0 saturated heterocycles. The molecule has 0 aromatic heterocycles. The third kappa shape index (κ3) is 5.17. The summed E-state index contributed by atoms with van der Waals surface area (Å²) in [6.45, 7) is 0. The molecule has 30 valence electrons. The molecule has 5 heteroatoms. The maximum atomic E-state index is 9.31. The average Bonchev–Trinajstić information content (AvgIpc) is 1.38. The Kier molecular flexibility index (Phi) is 4.16. The molecule has 5 heavy (non-hydrogen) atoms. The van der Waals surface area contributed by atoms with Crippen LogP contribution in [-0.2, 0) is 6.77 Å². The number of halogens is 1. The predicted octanol–water partition coefficient (Wildman–Crippen LogP) is 0.199. The van der Waals surface area contributed by atoms with Crippen LogP contribution in [-0.4, -0.2) is 22.2 Å². The second-order valence-electron chi connectivity index (χ2n) is 0.293. The van der Waals surface area contributed by atoms with Crippen molar-refractivity contribution in [1.29, 1.82) is 0 Å². The summed E-state index contributed by atoms with van der Waals surface area (Å²) < 4.78 is 22.4. The minimum atomic E-state index is -3.65. The Labute approximate surface area is 51.6 Å².